The monoisotopic (exact) mass is 788 g/mol. The number of carbonyl (C=O) groups is 2. The Hall–Kier alpha value is -3.07. The summed E-state index contributed by atoms with van der Waals surface area (Å²) >= 11 is 0. The van der Waals surface area contributed by atoms with Gasteiger partial charge in [0.05, 0.1) is 19.6 Å². The van der Waals surface area contributed by atoms with E-state index in [9.17, 15) is 19.0 Å². The topological polar surface area (TPSA) is 134 Å². The van der Waals surface area contributed by atoms with Gasteiger partial charge in [0.15, 0.2) is 6.10 Å². The van der Waals surface area contributed by atoms with Gasteiger partial charge in [0.2, 0.25) is 0 Å². The molecule has 0 aliphatic rings. The molecule has 0 spiro atoms. The van der Waals surface area contributed by atoms with Crippen LogP contribution in [-0.4, -0.2) is 49.3 Å². The first kappa shape index (κ1) is 51.9. The number of rotatable bonds is 37. The average Bonchev–Trinajstić information content (AvgIpc) is 3.17. The number of hydrogen-bond acceptors (Lipinski definition) is 8. The average molecular weight is 788 g/mol. The van der Waals surface area contributed by atoms with Crippen molar-refractivity contribution in [3.8, 4) is 0 Å². The number of phosphoric acid groups is 1. The highest BCUT2D eigenvalue weighted by atomic mass is 31.2. The fourth-order valence-electron chi connectivity index (χ4n) is 4.95. The lowest BCUT2D eigenvalue weighted by atomic mass is 10.1. The predicted octanol–water partition coefficient (Wildman–Crippen LogP) is 11.8. The molecule has 0 rings (SSSR count). The molecule has 9 nitrogen and oxygen atoms in total. The Kier molecular flexibility index (Phi) is 38.3. The number of allylic oxidation sites excluding steroid dienone is 15. The van der Waals surface area contributed by atoms with Gasteiger partial charge in [0.25, 0.3) is 0 Å². The van der Waals surface area contributed by atoms with Crippen LogP contribution in [0.4, 0.5) is 0 Å². The molecule has 0 saturated carbocycles. The molecule has 2 unspecified atom stereocenters. The molecule has 0 aromatic carbocycles. The van der Waals surface area contributed by atoms with E-state index in [4.69, 9.17) is 24.3 Å². The molecule has 0 aliphatic heterocycles. The number of hydrogen-bond donors (Lipinski definition) is 2. The molecule has 0 aromatic rings. The Bertz CT molecular complexity index is 1220. The van der Waals surface area contributed by atoms with E-state index < -0.39 is 32.5 Å². The zero-order valence-corrected chi connectivity index (χ0v) is 35.0. The largest absolute Gasteiger partial charge is 0.472 e. The van der Waals surface area contributed by atoms with E-state index in [0.717, 1.165) is 77.0 Å². The highest BCUT2D eigenvalue weighted by molar-refractivity contribution is 7.47. The van der Waals surface area contributed by atoms with E-state index in [-0.39, 0.29) is 32.6 Å². The Balaban J connectivity index is 4.33. The van der Waals surface area contributed by atoms with Gasteiger partial charge in [-0.25, -0.2) is 4.57 Å². The summed E-state index contributed by atoms with van der Waals surface area (Å²) in [5, 5.41) is 0. The molecule has 0 aromatic heterocycles. The summed E-state index contributed by atoms with van der Waals surface area (Å²) in [6.07, 6.45) is 51.8. The minimum absolute atomic E-state index is 0.0105. The highest BCUT2D eigenvalue weighted by Gasteiger charge is 2.25. The lowest BCUT2D eigenvalue weighted by Crippen LogP contribution is -2.29. The number of esters is 2. The molecule has 0 bridgehead atoms. The zero-order chi connectivity index (χ0) is 40.3. The minimum atomic E-state index is -4.41. The third-order valence-electron chi connectivity index (χ3n) is 7.99. The van der Waals surface area contributed by atoms with Gasteiger partial charge in [-0.15, -0.1) is 0 Å². The van der Waals surface area contributed by atoms with E-state index in [1.165, 1.54) is 25.7 Å². The van der Waals surface area contributed by atoms with Gasteiger partial charge in [-0.3, -0.25) is 18.6 Å². The van der Waals surface area contributed by atoms with Crippen molar-refractivity contribution in [2.24, 2.45) is 5.73 Å². The van der Waals surface area contributed by atoms with Crippen LogP contribution in [0.2, 0.25) is 0 Å². The SMILES string of the molecule is CC/C=C\C/C=C\C/C=C\C/C=C\C/C=C\CC(=O)OC(COC(=O)CCCCCCCC/C=C\C/C=C\C/C=C\CCCCC)COP(=O)(O)OCCN. The van der Waals surface area contributed by atoms with Gasteiger partial charge >= 0.3 is 19.8 Å². The molecule has 2 atom stereocenters. The molecular weight excluding hydrogens is 713 g/mol. The van der Waals surface area contributed by atoms with E-state index in [1.54, 1.807) is 6.08 Å². The van der Waals surface area contributed by atoms with Gasteiger partial charge < -0.3 is 20.1 Å². The molecule has 0 fully saturated rings. The van der Waals surface area contributed by atoms with Crippen LogP contribution in [0, 0.1) is 0 Å². The van der Waals surface area contributed by atoms with Crippen LogP contribution in [0.5, 0.6) is 0 Å². The predicted molar refractivity (Wildman–Crippen MR) is 228 cm³/mol. The maximum absolute atomic E-state index is 12.5. The Morgan fingerprint density at radius 3 is 1.58 bits per heavy atom. The first-order chi connectivity index (χ1) is 26.8. The summed E-state index contributed by atoms with van der Waals surface area (Å²) in [4.78, 5) is 34.8. The van der Waals surface area contributed by atoms with Crippen molar-refractivity contribution >= 4 is 19.8 Å². The maximum atomic E-state index is 12.5. The highest BCUT2D eigenvalue weighted by Crippen LogP contribution is 2.43. The Morgan fingerprint density at radius 1 is 0.582 bits per heavy atom. The molecule has 0 radical (unpaired) electrons. The number of ether oxygens (including phenoxy) is 2. The standard InChI is InChI=1S/C45H74NO8P/c1-3-5-7-9-11-13-15-17-19-20-21-22-24-25-27-29-31-33-35-37-44(47)51-41-43(42-53-55(49,50)52-40-39-46)54-45(48)38-36-34-32-30-28-26-23-18-16-14-12-10-8-6-4-2/h6,8,11-14,17-19,21-23,28,30,34,36,43H,3-5,7,9-10,15-16,20,24-27,29,31-33,35,37-42,46H2,1-2H3,(H,49,50)/b8-6-,13-11-,14-12-,19-17-,22-21-,23-18-,30-28-,36-34-. The Labute approximate surface area is 334 Å². The number of nitrogens with two attached hydrogens (primary N) is 1. The fraction of sp³-hybridized carbons (Fsp3) is 0.600. The number of carbonyl (C=O) groups excluding carboxylic acids is 2. The minimum Gasteiger partial charge on any atom is -0.462 e. The Morgan fingerprint density at radius 2 is 1.05 bits per heavy atom. The molecule has 0 aliphatic carbocycles. The summed E-state index contributed by atoms with van der Waals surface area (Å²) in [6.45, 7) is 3.43. The van der Waals surface area contributed by atoms with Crippen molar-refractivity contribution in [1.29, 1.82) is 0 Å². The third-order valence-corrected chi connectivity index (χ3v) is 8.97. The van der Waals surface area contributed by atoms with E-state index >= 15 is 0 Å². The summed E-state index contributed by atoms with van der Waals surface area (Å²) in [6, 6.07) is 0. The quantitative estimate of drug-likeness (QED) is 0.0273. The van der Waals surface area contributed by atoms with Crippen molar-refractivity contribution < 1.29 is 37.6 Å². The van der Waals surface area contributed by atoms with Gasteiger partial charge in [-0.05, 0) is 77.0 Å². The molecule has 312 valence electrons. The van der Waals surface area contributed by atoms with E-state index in [1.807, 2.05) is 12.2 Å². The normalized spacial score (nSPS) is 14.3. The second-order valence-corrected chi connectivity index (χ2v) is 14.6. The molecule has 0 amide bonds. The number of unbranched alkanes of at least 4 members (excludes halogenated alkanes) is 9. The van der Waals surface area contributed by atoms with Crippen molar-refractivity contribution in [3.05, 3.63) is 97.2 Å². The van der Waals surface area contributed by atoms with Gasteiger partial charge in [0.1, 0.15) is 6.61 Å². The zero-order valence-electron chi connectivity index (χ0n) is 34.1. The molecule has 0 saturated heterocycles. The molecule has 0 heterocycles. The smallest absolute Gasteiger partial charge is 0.462 e. The van der Waals surface area contributed by atoms with Gasteiger partial charge in [-0.1, -0.05) is 150 Å². The van der Waals surface area contributed by atoms with Crippen molar-refractivity contribution in [1.82, 2.24) is 0 Å². The van der Waals surface area contributed by atoms with Crippen LogP contribution in [-0.2, 0) is 32.7 Å². The second kappa shape index (κ2) is 40.6. The van der Waals surface area contributed by atoms with Crippen LogP contribution in [0.1, 0.15) is 142 Å². The van der Waals surface area contributed by atoms with Crippen LogP contribution in [0.3, 0.4) is 0 Å². The first-order valence-electron chi connectivity index (χ1n) is 20.7. The van der Waals surface area contributed by atoms with Crippen LogP contribution in [0.15, 0.2) is 97.2 Å². The first-order valence-corrected chi connectivity index (χ1v) is 22.2. The molecule has 10 heteroatoms. The second-order valence-electron chi connectivity index (χ2n) is 13.1. The van der Waals surface area contributed by atoms with Crippen LogP contribution in [0.25, 0.3) is 0 Å². The maximum Gasteiger partial charge on any atom is 0.472 e. The summed E-state index contributed by atoms with van der Waals surface area (Å²) < 4.78 is 32.6. The van der Waals surface area contributed by atoms with Crippen LogP contribution < -0.4 is 5.73 Å². The van der Waals surface area contributed by atoms with Crippen LogP contribution >= 0.6 is 7.82 Å². The van der Waals surface area contributed by atoms with E-state index in [0.29, 0.717) is 12.8 Å². The lowest BCUT2D eigenvalue weighted by Gasteiger charge is -2.19. The van der Waals surface area contributed by atoms with Gasteiger partial charge in [0, 0.05) is 13.0 Å². The summed E-state index contributed by atoms with van der Waals surface area (Å²) in [5.41, 5.74) is 5.33. The lowest BCUT2D eigenvalue weighted by molar-refractivity contribution is -0.160. The third kappa shape index (κ3) is 40.4. The summed E-state index contributed by atoms with van der Waals surface area (Å²) in [5.74, 6) is -1.00. The molecular formula is C45H74NO8P. The fourth-order valence-corrected chi connectivity index (χ4v) is 5.72. The molecule has 55 heavy (non-hydrogen) atoms. The number of phosphoric ester groups is 1. The van der Waals surface area contributed by atoms with Gasteiger partial charge in [-0.2, -0.15) is 0 Å². The van der Waals surface area contributed by atoms with E-state index in [2.05, 4.69) is 92.8 Å². The van der Waals surface area contributed by atoms with Crippen molar-refractivity contribution in [2.75, 3.05) is 26.4 Å². The van der Waals surface area contributed by atoms with Crippen molar-refractivity contribution in [3.63, 3.8) is 0 Å². The molecule has 3 N–H and O–H groups in total. The summed E-state index contributed by atoms with van der Waals surface area (Å²) in [7, 11) is -4.41. The van der Waals surface area contributed by atoms with Crippen molar-refractivity contribution in [2.45, 2.75) is 148 Å².